The van der Waals surface area contributed by atoms with E-state index in [1.807, 2.05) is 29.2 Å². The molecular formula is C28H32FN3O3. The minimum Gasteiger partial charge on any atom is -0.359 e. The zero-order valence-electron chi connectivity index (χ0n) is 20.5. The molecule has 184 valence electrons. The van der Waals surface area contributed by atoms with Gasteiger partial charge >= 0.3 is 0 Å². The molecular weight excluding hydrogens is 445 g/mol. The van der Waals surface area contributed by atoms with Crippen LogP contribution in [0.25, 0.3) is 0 Å². The van der Waals surface area contributed by atoms with Gasteiger partial charge in [-0.1, -0.05) is 63.0 Å². The second kappa shape index (κ2) is 10.4. The predicted molar refractivity (Wildman–Crippen MR) is 131 cm³/mol. The average Bonchev–Trinajstić information content (AvgIpc) is 3.54. The average molecular weight is 478 g/mol. The number of benzene rings is 2. The van der Waals surface area contributed by atoms with Gasteiger partial charge in [-0.15, -0.1) is 0 Å². The summed E-state index contributed by atoms with van der Waals surface area (Å²) in [5.74, 6) is -0.298. The molecule has 0 atom stereocenters. The van der Waals surface area contributed by atoms with Gasteiger partial charge in [0, 0.05) is 24.2 Å². The molecule has 1 aliphatic rings. The van der Waals surface area contributed by atoms with Crippen molar-refractivity contribution in [2.24, 2.45) is 0 Å². The summed E-state index contributed by atoms with van der Waals surface area (Å²) in [5, 5.41) is 6.67. The summed E-state index contributed by atoms with van der Waals surface area (Å²) in [6.45, 7) is 6.94. The number of aromatic nitrogens is 1. The van der Waals surface area contributed by atoms with Crippen LogP contribution in [-0.4, -0.2) is 27.9 Å². The van der Waals surface area contributed by atoms with Crippen molar-refractivity contribution in [1.82, 2.24) is 15.4 Å². The number of hydrogen-bond acceptors (Lipinski definition) is 4. The number of carbonyl (C=O) groups excluding carboxylic acids is 2. The van der Waals surface area contributed by atoms with E-state index in [9.17, 15) is 14.0 Å². The summed E-state index contributed by atoms with van der Waals surface area (Å²) in [4.78, 5) is 27.8. The Balaban J connectivity index is 1.45. The van der Waals surface area contributed by atoms with Gasteiger partial charge < -0.3 is 14.7 Å². The van der Waals surface area contributed by atoms with E-state index >= 15 is 0 Å². The van der Waals surface area contributed by atoms with E-state index < -0.39 is 0 Å². The molecule has 2 aromatic carbocycles. The Morgan fingerprint density at radius 2 is 1.71 bits per heavy atom. The van der Waals surface area contributed by atoms with Gasteiger partial charge in [0.25, 0.3) is 11.8 Å². The molecule has 0 bridgehead atoms. The number of halogens is 1. The van der Waals surface area contributed by atoms with Gasteiger partial charge in [0.2, 0.25) is 0 Å². The molecule has 0 spiro atoms. The molecule has 4 rings (SSSR count). The number of nitrogens with one attached hydrogen (secondary N) is 1. The largest absolute Gasteiger partial charge is 0.359 e. The van der Waals surface area contributed by atoms with E-state index in [1.165, 1.54) is 17.7 Å². The van der Waals surface area contributed by atoms with Crippen LogP contribution in [0.4, 0.5) is 4.39 Å². The zero-order chi connectivity index (χ0) is 25.0. The highest BCUT2D eigenvalue weighted by molar-refractivity contribution is 5.94. The van der Waals surface area contributed by atoms with Gasteiger partial charge in [-0.2, -0.15) is 0 Å². The molecule has 0 saturated heterocycles. The number of amides is 2. The minimum absolute atomic E-state index is 0.0141. The zero-order valence-corrected chi connectivity index (χ0v) is 20.5. The predicted octanol–water partition coefficient (Wildman–Crippen LogP) is 5.63. The second-order valence-corrected chi connectivity index (χ2v) is 10.2. The normalized spacial score (nSPS) is 14.2. The lowest BCUT2D eigenvalue weighted by Gasteiger charge is -2.28. The molecule has 0 radical (unpaired) electrons. The summed E-state index contributed by atoms with van der Waals surface area (Å²) in [6.07, 6.45) is 4.08. The Morgan fingerprint density at radius 1 is 1.06 bits per heavy atom. The van der Waals surface area contributed by atoms with Gasteiger partial charge in [0.1, 0.15) is 5.82 Å². The molecule has 0 unspecified atom stereocenters. The highest BCUT2D eigenvalue weighted by Gasteiger charge is 2.29. The van der Waals surface area contributed by atoms with Crippen molar-refractivity contribution >= 4 is 11.8 Å². The van der Waals surface area contributed by atoms with Gasteiger partial charge in [-0.25, -0.2) is 4.39 Å². The first kappa shape index (κ1) is 24.6. The fourth-order valence-corrected chi connectivity index (χ4v) is 4.40. The lowest BCUT2D eigenvalue weighted by Crippen LogP contribution is -2.38. The van der Waals surface area contributed by atoms with Crippen LogP contribution < -0.4 is 5.32 Å². The Labute approximate surface area is 205 Å². The molecule has 1 aliphatic carbocycles. The van der Waals surface area contributed by atoms with Crippen molar-refractivity contribution < 1.29 is 18.5 Å². The van der Waals surface area contributed by atoms with E-state index in [0.29, 0.717) is 11.3 Å². The third kappa shape index (κ3) is 6.15. The third-order valence-corrected chi connectivity index (χ3v) is 6.51. The topological polar surface area (TPSA) is 75.4 Å². The van der Waals surface area contributed by atoms with Crippen molar-refractivity contribution in [3.63, 3.8) is 0 Å². The maximum Gasteiger partial charge on any atom is 0.273 e. The Kier molecular flexibility index (Phi) is 7.34. The van der Waals surface area contributed by atoms with E-state index in [1.54, 1.807) is 18.2 Å². The van der Waals surface area contributed by atoms with Crippen LogP contribution in [0.3, 0.4) is 0 Å². The van der Waals surface area contributed by atoms with Crippen LogP contribution in [-0.2, 0) is 18.5 Å². The van der Waals surface area contributed by atoms with Crippen LogP contribution in [0.1, 0.15) is 84.2 Å². The summed E-state index contributed by atoms with van der Waals surface area (Å²) in [7, 11) is 0. The van der Waals surface area contributed by atoms with Gasteiger partial charge in [0.15, 0.2) is 11.5 Å². The smallest absolute Gasteiger partial charge is 0.273 e. The molecule has 1 aromatic heterocycles. The Morgan fingerprint density at radius 3 is 2.34 bits per heavy atom. The molecule has 1 heterocycles. The Bertz CT molecular complexity index is 1160. The fraction of sp³-hybridized carbons (Fsp3) is 0.393. The van der Waals surface area contributed by atoms with Crippen molar-refractivity contribution in [3.05, 3.63) is 88.6 Å². The number of rotatable bonds is 7. The van der Waals surface area contributed by atoms with Crippen LogP contribution in [0.5, 0.6) is 0 Å². The van der Waals surface area contributed by atoms with Crippen molar-refractivity contribution in [2.45, 2.75) is 71.0 Å². The van der Waals surface area contributed by atoms with Crippen LogP contribution in [0.15, 0.2) is 59.1 Å². The summed E-state index contributed by atoms with van der Waals surface area (Å²) in [6, 6.07) is 15.4. The van der Waals surface area contributed by atoms with Crippen LogP contribution in [0, 0.1) is 5.82 Å². The summed E-state index contributed by atoms with van der Waals surface area (Å²) >= 11 is 0. The quantitative estimate of drug-likeness (QED) is 0.479. The molecule has 2 amide bonds. The standard InChI is InChI=1S/C28H32FN3O3/c1-28(2,3)21-12-10-20(11-13-21)27(34)32(23-6-4-5-7-23)18-24-16-25(31-35-24)26(33)30-17-19-8-14-22(29)15-9-19/h8-16,23H,4-7,17-18H2,1-3H3,(H,30,33). The number of hydrogen-bond donors (Lipinski definition) is 1. The fourth-order valence-electron chi connectivity index (χ4n) is 4.40. The Hall–Kier alpha value is -3.48. The summed E-state index contributed by atoms with van der Waals surface area (Å²) < 4.78 is 18.5. The highest BCUT2D eigenvalue weighted by Crippen LogP contribution is 2.28. The van der Waals surface area contributed by atoms with Gasteiger partial charge in [0.05, 0.1) is 6.54 Å². The molecule has 3 aromatic rings. The molecule has 35 heavy (non-hydrogen) atoms. The van der Waals surface area contributed by atoms with Crippen molar-refractivity contribution in [1.29, 1.82) is 0 Å². The molecule has 7 heteroatoms. The van der Waals surface area contributed by atoms with E-state index in [4.69, 9.17) is 4.52 Å². The van der Waals surface area contributed by atoms with Crippen LogP contribution in [0.2, 0.25) is 0 Å². The molecule has 0 aliphatic heterocycles. The number of nitrogens with zero attached hydrogens (tertiary/aromatic N) is 2. The highest BCUT2D eigenvalue weighted by atomic mass is 19.1. The van der Waals surface area contributed by atoms with Crippen LogP contribution >= 0.6 is 0 Å². The van der Waals surface area contributed by atoms with Crippen molar-refractivity contribution in [2.75, 3.05) is 0 Å². The van der Waals surface area contributed by atoms with E-state index in [0.717, 1.165) is 31.2 Å². The van der Waals surface area contributed by atoms with E-state index in [-0.39, 0.29) is 47.9 Å². The van der Waals surface area contributed by atoms with Gasteiger partial charge in [-0.05, 0) is 53.6 Å². The SMILES string of the molecule is CC(C)(C)c1ccc(C(=O)N(Cc2cc(C(=O)NCc3ccc(F)cc3)no2)C2CCCC2)cc1. The lowest BCUT2D eigenvalue weighted by molar-refractivity contribution is 0.0643. The first-order valence-electron chi connectivity index (χ1n) is 12.1. The molecule has 1 saturated carbocycles. The molecule has 1 N–H and O–H groups in total. The van der Waals surface area contributed by atoms with Gasteiger partial charge in [-0.3, -0.25) is 9.59 Å². The van der Waals surface area contributed by atoms with Crippen molar-refractivity contribution in [3.8, 4) is 0 Å². The lowest BCUT2D eigenvalue weighted by atomic mass is 9.86. The first-order valence-corrected chi connectivity index (χ1v) is 12.1. The monoisotopic (exact) mass is 477 g/mol. The third-order valence-electron chi connectivity index (χ3n) is 6.51. The first-order chi connectivity index (χ1) is 16.7. The van der Waals surface area contributed by atoms with E-state index in [2.05, 4.69) is 31.2 Å². The summed E-state index contributed by atoms with van der Waals surface area (Å²) in [5.41, 5.74) is 2.75. The molecule has 6 nitrogen and oxygen atoms in total. The maximum atomic E-state index is 13.5. The maximum absolute atomic E-state index is 13.5. The second-order valence-electron chi connectivity index (χ2n) is 10.2. The number of carbonyl (C=O) groups is 2. The minimum atomic E-state index is -0.388. The molecule has 1 fully saturated rings.